The predicted octanol–water partition coefficient (Wildman–Crippen LogP) is 3.06. The number of hydrogen-bond acceptors (Lipinski definition) is 3. The fraction of sp³-hybridized carbons (Fsp3) is 0.0625. The van der Waals surface area contributed by atoms with Crippen molar-refractivity contribution in [3.63, 3.8) is 0 Å². The molecule has 0 aliphatic heterocycles. The molecule has 0 atom stereocenters. The van der Waals surface area contributed by atoms with Crippen molar-refractivity contribution in [1.82, 2.24) is 9.97 Å². The van der Waals surface area contributed by atoms with Crippen molar-refractivity contribution in [2.24, 2.45) is 0 Å². The molecule has 3 heteroatoms. The Labute approximate surface area is 111 Å². The Balaban J connectivity index is 1.89. The summed E-state index contributed by atoms with van der Waals surface area (Å²) in [6.07, 6.45) is 3.42. The minimum absolute atomic E-state index is 0.0736. The minimum atomic E-state index is 0.0736. The number of carbonyl (C=O) groups is 1. The molecule has 3 nitrogen and oxygen atoms in total. The summed E-state index contributed by atoms with van der Waals surface area (Å²) < 4.78 is 0. The Kier molecular flexibility index (Phi) is 3.02. The maximum Gasteiger partial charge on any atom is 0.168 e. The van der Waals surface area contributed by atoms with Crippen LogP contribution in [0.2, 0.25) is 0 Å². The van der Waals surface area contributed by atoms with Gasteiger partial charge in [0.1, 0.15) is 6.33 Å². The highest BCUT2D eigenvalue weighted by Gasteiger charge is 2.08. The van der Waals surface area contributed by atoms with Gasteiger partial charge < -0.3 is 0 Å². The van der Waals surface area contributed by atoms with Gasteiger partial charge in [0.05, 0.1) is 12.1 Å². The molecule has 3 aromatic rings. The van der Waals surface area contributed by atoms with Crippen LogP contribution in [0.25, 0.3) is 10.8 Å². The molecular formula is C16H12N2O. The van der Waals surface area contributed by atoms with Crippen LogP contribution in [0.4, 0.5) is 0 Å². The van der Waals surface area contributed by atoms with Gasteiger partial charge in [-0.1, -0.05) is 36.4 Å². The predicted molar refractivity (Wildman–Crippen MR) is 74.0 cm³/mol. The number of fused-ring (bicyclic) bond motifs is 1. The summed E-state index contributed by atoms with van der Waals surface area (Å²) in [7, 11) is 0. The van der Waals surface area contributed by atoms with E-state index in [2.05, 4.69) is 9.97 Å². The van der Waals surface area contributed by atoms with E-state index in [1.54, 1.807) is 12.3 Å². The lowest BCUT2D eigenvalue weighted by Crippen LogP contribution is -2.05. The van der Waals surface area contributed by atoms with E-state index >= 15 is 0 Å². The summed E-state index contributed by atoms with van der Waals surface area (Å²) in [5, 5.41) is 2.22. The van der Waals surface area contributed by atoms with E-state index in [9.17, 15) is 4.79 Å². The van der Waals surface area contributed by atoms with Crippen LogP contribution in [0.15, 0.2) is 61.1 Å². The van der Waals surface area contributed by atoms with Gasteiger partial charge in [-0.2, -0.15) is 0 Å². The fourth-order valence-corrected chi connectivity index (χ4v) is 2.05. The normalized spacial score (nSPS) is 10.5. The molecule has 0 aliphatic rings. The molecule has 0 unspecified atom stereocenters. The Morgan fingerprint density at radius 3 is 2.63 bits per heavy atom. The number of aromatic nitrogens is 2. The van der Waals surface area contributed by atoms with Crippen LogP contribution in [0.5, 0.6) is 0 Å². The Morgan fingerprint density at radius 1 is 1.00 bits per heavy atom. The van der Waals surface area contributed by atoms with Crippen LogP contribution in [0, 0.1) is 0 Å². The van der Waals surface area contributed by atoms with Crippen molar-refractivity contribution in [1.29, 1.82) is 0 Å². The number of rotatable bonds is 3. The molecule has 0 aliphatic carbocycles. The number of ketones is 1. The summed E-state index contributed by atoms with van der Waals surface area (Å²) in [6, 6.07) is 15.5. The second-order valence-electron chi connectivity index (χ2n) is 4.36. The van der Waals surface area contributed by atoms with Gasteiger partial charge in [-0.15, -0.1) is 0 Å². The first-order chi connectivity index (χ1) is 9.33. The highest BCUT2D eigenvalue weighted by Crippen LogP contribution is 2.16. The van der Waals surface area contributed by atoms with Crippen LogP contribution < -0.4 is 0 Å². The molecule has 0 spiro atoms. The minimum Gasteiger partial charge on any atom is -0.294 e. The first-order valence-electron chi connectivity index (χ1n) is 6.10. The number of Topliss-reactive ketones (excluding diaryl/α,β-unsaturated/α-hetero) is 1. The summed E-state index contributed by atoms with van der Waals surface area (Å²) in [5.74, 6) is 0.0736. The third-order valence-corrected chi connectivity index (χ3v) is 3.06. The van der Waals surface area contributed by atoms with Gasteiger partial charge in [-0.05, 0) is 22.9 Å². The molecule has 0 bridgehead atoms. The number of carbonyl (C=O) groups excluding carboxylic acids is 1. The molecule has 1 heterocycles. The van der Waals surface area contributed by atoms with Crippen molar-refractivity contribution in [2.45, 2.75) is 6.42 Å². The fourth-order valence-electron chi connectivity index (χ4n) is 2.05. The lowest BCUT2D eigenvalue weighted by Gasteiger charge is -2.03. The zero-order chi connectivity index (χ0) is 13.1. The molecule has 0 N–H and O–H groups in total. The van der Waals surface area contributed by atoms with E-state index in [0.717, 1.165) is 22.0 Å². The number of benzene rings is 2. The van der Waals surface area contributed by atoms with Gasteiger partial charge in [0.25, 0.3) is 0 Å². The average molecular weight is 248 g/mol. The van der Waals surface area contributed by atoms with E-state index in [1.807, 2.05) is 42.5 Å². The molecule has 0 saturated heterocycles. The maximum absolute atomic E-state index is 12.2. The largest absolute Gasteiger partial charge is 0.294 e. The maximum atomic E-state index is 12.2. The highest BCUT2D eigenvalue weighted by molar-refractivity contribution is 6.00. The molecule has 0 amide bonds. The van der Waals surface area contributed by atoms with E-state index in [-0.39, 0.29) is 5.78 Å². The van der Waals surface area contributed by atoms with E-state index < -0.39 is 0 Å². The SMILES string of the molecule is O=C(Cc1ccncn1)c1ccc2ccccc2c1. The molecule has 1 aromatic heterocycles. The van der Waals surface area contributed by atoms with Crippen molar-refractivity contribution in [2.75, 3.05) is 0 Å². The van der Waals surface area contributed by atoms with E-state index in [0.29, 0.717) is 6.42 Å². The third kappa shape index (κ3) is 2.50. The Bertz CT molecular complexity index is 723. The lowest BCUT2D eigenvalue weighted by molar-refractivity contribution is 0.0992. The second kappa shape index (κ2) is 4.98. The monoisotopic (exact) mass is 248 g/mol. The summed E-state index contributed by atoms with van der Waals surface area (Å²) in [4.78, 5) is 20.1. The molecular weight excluding hydrogens is 236 g/mol. The average Bonchev–Trinajstić information content (AvgIpc) is 2.48. The van der Waals surface area contributed by atoms with Crippen LogP contribution in [-0.2, 0) is 6.42 Å². The van der Waals surface area contributed by atoms with Crippen molar-refractivity contribution >= 4 is 16.6 Å². The molecule has 3 rings (SSSR count). The third-order valence-electron chi connectivity index (χ3n) is 3.06. The van der Waals surface area contributed by atoms with Crippen LogP contribution >= 0.6 is 0 Å². The standard InChI is InChI=1S/C16H12N2O/c19-16(10-15-7-8-17-11-18-15)14-6-5-12-3-1-2-4-13(12)9-14/h1-9,11H,10H2. The van der Waals surface area contributed by atoms with Crippen molar-refractivity contribution < 1.29 is 4.79 Å². The summed E-state index contributed by atoms with van der Waals surface area (Å²) in [6.45, 7) is 0. The molecule has 0 saturated carbocycles. The first kappa shape index (κ1) is 11.5. The smallest absolute Gasteiger partial charge is 0.168 e. The van der Waals surface area contributed by atoms with Crippen LogP contribution in [-0.4, -0.2) is 15.8 Å². The van der Waals surface area contributed by atoms with Crippen LogP contribution in [0.1, 0.15) is 16.1 Å². The van der Waals surface area contributed by atoms with Gasteiger partial charge in [0, 0.05) is 11.8 Å². The summed E-state index contributed by atoms with van der Waals surface area (Å²) >= 11 is 0. The Hall–Kier alpha value is -2.55. The van der Waals surface area contributed by atoms with E-state index in [4.69, 9.17) is 0 Å². The van der Waals surface area contributed by atoms with Crippen molar-refractivity contribution in [3.8, 4) is 0 Å². The molecule has 92 valence electrons. The van der Waals surface area contributed by atoms with Crippen LogP contribution in [0.3, 0.4) is 0 Å². The zero-order valence-corrected chi connectivity index (χ0v) is 10.3. The summed E-state index contributed by atoms with van der Waals surface area (Å²) in [5.41, 5.74) is 1.46. The lowest BCUT2D eigenvalue weighted by atomic mass is 10.0. The first-order valence-corrected chi connectivity index (χ1v) is 6.10. The number of hydrogen-bond donors (Lipinski definition) is 0. The number of nitrogens with zero attached hydrogens (tertiary/aromatic N) is 2. The molecule has 0 radical (unpaired) electrons. The molecule has 19 heavy (non-hydrogen) atoms. The quantitative estimate of drug-likeness (QED) is 0.669. The van der Waals surface area contributed by atoms with Gasteiger partial charge in [0.15, 0.2) is 5.78 Å². The Morgan fingerprint density at radius 2 is 1.84 bits per heavy atom. The van der Waals surface area contributed by atoms with Gasteiger partial charge >= 0.3 is 0 Å². The van der Waals surface area contributed by atoms with Gasteiger partial charge in [0.2, 0.25) is 0 Å². The van der Waals surface area contributed by atoms with Gasteiger partial charge in [-0.3, -0.25) is 4.79 Å². The molecule has 2 aromatic carbocycles. The zero-order valence-electron chi connectivity index (χ0n) is 10.3. The van der Waals surface area contributed by atoms with E-state index in [1.165, 1.54) is 6.33 Å². The highest BCUT2D eigenvalue weighted by atomic mass is 16.1. The van der Waals surface area contributed by atoms with Gasteiger partial charge in [-0.25, -0.2) is 9.97 Å². The second-order valence-corrected chi connectivity index (χ2v) is 4.36. The topological polar surface area (TPSA) is 42.9 Å². The van der Waals surface area contributed by atoms with Crippen molar-refractivity contribution in [3.05, 3.63) is 72.3 Å². The molecule has 0 fully saturated rings.